The van der Waals surface area contributed by atoms with Gasteiger partial charge < -0.3 is 14.9 Å². The van der Waals surface area contributed by atoms with Crippen molar-refractivity contribution in [3.05, 3.63) is 48.0 Å². The molecule has 5 nitrogen and oxygen atoms in total. The fraction of sp³-hybridized carbons (Fsp3) is 0.143. The molecule has 0 saturated carbocycles. The second-order valence-electron chi connectivity index (χ2n) is 4.24. The Bertz CT molecular complexity index is 722. The number of pyridine rings is 1. The third-order valence-electron chi connectivity index (χ3n) is 2.66. The van der Waals surface area contributed by atoms with Gasteiger partial charge in [-0.1, -0.05) is 6.07 Å². The van der Waals surface area contributed by atoms with Crippen LogP contribution in [0.1, 0.15) is 11.6 Å². The van der Waals surface area contributed by atoms with Gasteiger partial charge in [0.25, 0.3) is 0 Å². The average molecular weight is 255 g/mol. The second-order valence-corrected chi connectivity index (χ2v) is 4.24. The lowest BCUT2D eigenvalue weighted by molar-refractivity contribution is 0.267. The lowest BCUT2D eigenvalue weighted by Crippen LogP contribution is -1.96. The minimum absolute atomic E-state index is 0.249. The molecule has 3 rings (SSSR count). The molecule has 0 aliphatic heterocycles. The molecule has 0 aliphatic carbocycles. The number of fused-ring (bicyclic) bond motifs is 1. The van der Waals surface area contributed by atoms with Crippen LogP contribution >= 0.6 is 0 Å². The third-order valence-corrected chi connectivity index (χ3v) is 2.66. The first-order valence-electron chi connectivity index (χ1n) is 5.92. The Morgan fingerprint density at radius 2 is 2.11 bits per heavy atom. The number of rotatable bonds is 3. The zero-order chi connectivity index (χ0) is 13.2. The molecule has 0 spiro atoms. The lowest BCUT2D eigenvalue weighted by atomic mass is 10.3. The van der Waals surface area contributed by atoms with Crippen LogP contribution in [0.15, 0.2) is 40.8 Å². The summed E-state index contributed by atoms with van der Waals surface area (Å²) in [4.78, 5) is 8.56. The van der Waals surface area contributed by atoms with Gasteiger partial charge in [0.2, 0.25) is 5.89 Å². The van der Waals surface area contributed by atoms with E-state index >= 15 is 0 Å². The van der Waals surface area contributed by atoms with E-state index in [0.717, 1.165) is 5.69 Å². The van der Waals surface area contributed by atoms with Crippen LogP contribution in [-0.2, 0) is 6.61 Å². The molecule has 2 aromatic heterocycles. The monoisotopic (exact) mass is 255 g/mol. The van der Waals surface area contributed by atoms with Crippen LogP contribution < -0.4 is 10.5 Å². The van der Waals surface area contributed by atoms with Gasteiger partial charge in [0, 0.05) is 17.4 Å². The summed E-state index contributed by atoms with van der Waals surface area (Å²) in [6.07, 6.45) is 0. The summed E-state index contributed by atoms with van der Waals surface area (Å²) < 4.78 is 11.1. The molecule has 96 valence electrons. The van der Waals surface area contributed by atoms with Crippen molar-refractivity contribution < 1.29 is 9.15 Å². The Labute approximate surface area is 110 Å². The van der Waals surface area contributed by atoms with E-state index in [9.17, 15) is 0 Å². The predicted octanol–water partition coefficient (Wildman–Crippen LogP) is 2.69. The van der Waals surface area contributed by atoms with Gasteiger partial charge in [-0.15, -0.1) is 0 Å². The van der Waals surface area contributed by atoms with Crippen LogP contribution in [0.4, 0.5) is 5.69 Å². The van der Waals surface area contributed by atoms with Crippen LogP contribution in [0.25, 0.3) is 11.2 Å². The Hall–Kier alpha value is -2.56. The first kappa shape index (κ1) is 11.5. The molecule has 2 heterocycles. The summed E-state index contributed by atoms with van der Waals surface area (Å²) in [6.45, 7) is 2.16. The van der Waals surface area contributed by atoms with Crippen molar-refractivity contribution in [2.45, 2.75) is 13.5 Å². The number of aryl methyl sites for hydroxylation is 1. The summed E-state index contributed by atoms with van der Waals surface area (Å²) in [5.41, 5.74) is 8.51. The minimum Gasteiger partial charge on any atom is -0.484 e. The highest BCUT2D eigenvalue weighted by atomic mass is 16.5. The summed E-state index contributed by atoms with van der Waals surface area (Å²) >= 11 is 0. The Morgan fingerprint density at radius 3 is 2.95 bits per heavy atom. The molecule has 0 fully saturated rings. The SMILES string of the molecule is Cc1ccc2oc(COc3cccc(N)c3)nc2n1. The second kappa shape index (κ2) is 4.61. The Morgan fingerprint density at radius 1 is 1.21 bits per heavy atom. The zero-order valence-corrected chi connectivity index (χ0v) is 10.5. The highest BCUT2D eigenvalue weighted by Gasteiger charge is 2.07. The van der Waals surface area contributed by atoms with Crippen molar-refractivity contribution in [2.75, 3.05) is 5.73 Å². The fourth-order valence-corrected chi connectivity index (χ4v) is 1.77. The van der Waals surface area contributed by atoms with Gasteiger partial charge in [-0.25, -0.2) is 4.98 Å². The molecule has 0 unspecified atom stereocenters. The normalized spacial score (nSPS) is 10.8. The number of anilines is 1. The summed E-state index contributed by atoms with van der Waals surface area (Å²) in [6, 6.07) is 11.0. The number of oxazole rings is 1. The molecule has 0 atom stereocenters. The molecule has 0 saturated heterocycles. The van der Waals surface area contributed by atoms with E-state index in [-0.39, 0.29) is 6.61 Å². The summed E-state index contributed by atoms with van der Waals surface area (Å²) in [5, 5.41) is 0. The van der Waals surface area contributed by atoms with Gasteiger partial charge in [-0.3, -0.25) is 0 Å². The zero-order valence-electron chi connectivity index (χ0n) is 10.5. The number of nitrogen functional groups attached to an aromatic ring is 1. The van der Waals surface area contributed by atoms with E-state index in [0.29, 0.717) is 28.6 Å². The summed E-state index contributed by atoms with van der Waals surface area (Å²) in [5.74, 6) is 1.18. The first-order valence-corrected chi connectivity index (χ1v) is 5.92. The molecular weight excluding hydrogens is 242 g/mol. The van der Waals surface area contributed by atoms with Gasteiger partial charge >= 0.3 is 0 Å². The first-order chi connectivity index (χ1) is 9.20. The predicted molar refractivity (Wildman–Crippen MR) is 71.7 cm³/mol. The van der Waals surface area contributed by atoms with Crippen molar-refractivity contribution in [2.24, 2.45) is 0 Å². The average Bonchev–Trinajstić information content (AvgIpc) is 2.78. The van der Waals surface area contributed by atoms with Crippen LogP contribution in [0, 0.1) is 6.92 Å². The number of aromatic nitrogens is 2. The number of hydrogen-bond acceptors (Lipinski definition) is 5. The lowest BCUT2D eigenvalue weighted by Gasteiger charge is -2.03. The largest absolute Gasteiger partial charge is 0.484 e. The van der Waals surface area contributed by atoms with E-state index < -0.39 is 0 Å². The third kappa shape index (κ3) is 2.49. The van der Waals surface area contributed by atoms with Gasteiger partial charge in [0.05, 0.1) is 0 Å². The van der Waals surface area contributed by atoms with Gasteiger partial charge in [-0.05, 0) is 31.2 Å². The van der Waals surface area contributed by atoms with Crippen molar-refractivity contribution in [1.82, 2.24) is 9.97 Å². The standard InChI is InChI=1S/C14H13N3O2/c1-9-5-6-12-14(16-9)17-13(19-12)8-18-11-4-2-3-10(15)7-11/h2-7H,8,15H2,1H3. The highest BCUT2D eigenvalue weighted by Crippen LogP contribution is 2.18. The fourth-order valence-electron chi connectivity index (χ4n) is 1.77. The van der Waals surface area contributed by atoms with Crippen molar-refractivity contribution in [3.63, 3.8) is 0 Å². The summed E-state index contributed by atoms with van der Waals surface area (Å²) in [7, 11) is 0. The number of nitrogens with zero attached hydrogens (tertiary/aromatic N) is 2. The van der Waals surface area contributed by atoms with Crippen molar-refractivity contribution in [3.8, 4) is 5.75 Å². The molecule has 3 aromatic rings. The maximum Gasteiger partial charge on any atom is 0.235 e. The van der Waals surface area contributed by atoms with Crippen molar-refractivity contribution in [1.29, 1.82) is 0 Å². The van der Waals surface area contributed by atoms with E-state index in [1.165, 1.54) is 0 Å². The van der Waals surface area contributed by atoms with Gasteiger partial charge in [0.1, 0.15) is 5.75 Å². The van der Waals surface area contributed by atoms with Gasteiger partial charge in [-0.2, -0.15) is 4.98 Å². The Balaban J connectivity index is 1.78. The van der Waals surface area contributed by atoms with E-state index in [1.54, 1.807) is 12.1 Å². The van der Waals surface area contributed by atoms with Gasteiger partial charge in [0.15, 0.2) is 17.8 Å². The smallest absolute Gasteiger partial charge is 0.235 e. The van der Waals surface area contributed by atoms with E-state index in [2.05, 4.69) is 9.97 Å². The molecular formula is C14H13N3O2. The number of hydrogen-bond donors (Lipinski definition) is 1. The molecule has 5 heteroatoms. The maximum absolute atomic E-state index is 5.68. The number of ether oxygens (including phenoxy) is 1. The highest BCUT2D eigenvalue weighted by molar-refractivity contribution is 5.67. The van der Waals surface area contributed by atoms with E-state index in [1.807, 2.05) is 31.2 Å². The molecule has 0 bridgehead atoms. The minimum atomic E-state index is 0.249. The van der Waals surface area contributed by atoms with Crippen LogP contribution in [0.2, 0.25) is 0 Å². The van der Waals surface area contributed by atoms with E-state index in [4.69, 9.17) is 14.9 Å². The number of nitrogens with two attached hydrogens (primary N) is 1. The molecule has 19 heavy (non-hydrogen) atoms. The molecule has 0 radical (unpaired) electrons. The molecule has 2 N–H and O–H groups in total. The van der Waals surface area contributed by atoms with Crippen LogP contribution in [0.5, 0.6) is 5.75 Å². The molecule has 1 aromatic carbocycles. The molecule has 0 aliphatic rings. The van der Waals surface area contributed by atoms with Crippen molar-refractivity contribution >= 4 is 16.9 Å². The topological polar surface area (TPSA) is 74.2 Å². The van der Waals surface area contributed by atoms with Crippen LogP contribution in [0.3, 0.4) is 0 Å². The maximum atomic E-state index is 5.68. The quantitative estimate of drug-likeness (QED) is 0.728. The number of benzene rings is 1. The Kier molecular flexibility index (Phi) is 2.79. The van der Waals surface area contributed by atoms with Crippen LogP contribution in [-0.4, -0.2) is 9.97 Å². The molecule has 0 amide bonds.